The van der Waals surface area contributed by atoms with Crippen LogP contribution in [0.3, 0.4) is 0 Å². The molecule has 0 N–H and O–H groups in total. The third kappa shape index (κ3) is 2.57. The van der Waals surface area contributed by atoms with Gasteiger partial charge in [0.1, 0.15) is 0 Å². The van der Waals surface area contributed by atoms with Gasteiger partial charge in [0.2, 0.25) is 0 Å². The van der Waals surface area contributed by atoms with Crippen LogP contribution in [0.1, 0.15) is 11.1 Å². The van der Waals surface area contributed by atoms with Crippen LogP contribution in [-0.2, 0) is 6.42 Å². The predicted octanol–water partition coefficient (Wildman–Crippen LogP) is 2.64. The first-order valence-corrected chi connectivity index (χ1v) is 4.33. The number of isothiocyanates is 1. The van der Waals surface area contributed by atoms with Gasteiger partial charge in [0.15, 0.2) is 0 Å². The minimum absolute atomic E-state index is 0.744. The lowest BCUT2D eigenvalue weighted by molar-refractivity contribution is 0.965. The Kier molecular flexibility index (Phi) is 3.65. The zero-order valence-electron chi connectivity index (χ0n) is 7.08. The maximum Gasteiger partial charge on any atom is 0.0585 e. The van der Waals surface area contributed by atoms with Gasteiger partial charge in [-0.15, -0.1) is 0 Å². The molecule has 0 aliphatic carbocycles. The SMILES string of the molecule is Cc1ccccc1CCN=C=S. The van der Waals surface area contributed by atoms with Crippen molar-refractivity contribution < 1.29 is 0 Å². The highest BCUT2D eigenvalue weighted by Crippen LogP contribution is 2.07. The molecule has 0 saturated heterocycles. The van der Waals surface area contributed by atoms with Crippen molar-refractivity contribution in [3.8, 4) is 0 Å². The average molecular weight is 177 g/mol. The second-order valence-electron chi connectivity index (χ2n) is 2.65. The van der Waals surface area contributed by atoms with Gasteiger partial charge in [-0.25, -0.2) is 4.99 Å². The van der Waals surface area contributed by atoms with E-state index < -0.39 is 0 Å². The molecule has 0 radical (unpaired) electrons. The van der Waals surface area contributed by atoms with Crippen LogP contribution in [0, 0.1) is 6.92 Å². The fourth-order valence-corrected chi connectivity index (χ4v) is 1.20. The Morgan fingerprint density at radius 1 is 1.42 bits per heavy atom. The Labute approximate surface area is 78.1 Å². The standard InChI is InChI=1S/C10H11NS/c1-9-4-2-3-5-10(9)6-7-11-8-12/h2-5H,6-7H2,1H3. The van der Waals surface area contributed by atoms with Gasteiger partial charge in [-0.1, -0.05) is 24.3 Å². The molecule has 12 heavy (non-hydrogen) atoms. The van der Waals surface area contributed by atoms with Crippen LogP contribution >= 0.6 is 12.2 Å². The first-order valence-electron chi connectivity index (χ1n) is 3.92. The number of rotatable bonds is 3. The molecule has 62 valence electrons. The van der Waals surface area contributed by atoms with Crippen LogP contribution in [0.4, 0.5) is 0 Å². The molecule has 0 aliphatic heterocycles. The summed E-state index contributed by atoms with van der Waals surface area (Å²) in [6, 6.07) is 8.31. The van der Waals surface area contributed by atoms with Crippen molar-refractivity contribution >= 4 is 17.4 Å². The summed E-state index contributed by atoms with van der Waals surface area (Å²) >= 11 is 4.48. The summed E-state index contributed by atoms with van der Waals surface area (Å²) in [6.45, 7) is 2.85. The Hall–Kier alpha value is -0.980. The molecule has 0 bridgehead atoms. The van der Waals surface area contributed by atoms with Gasteiger partial charge in [0.05, 0.1) is 11.7 Å². The fourth-order valence-electron chi connectivity index (χ4n) is 1.11. The van der Waals surface area contributed by atoms with Crippen molar-refractivity contribution in [3.05, 3.63) is 35.4 Å². The largest absolute Gasteiger partial charge is 0.232 e. The molecule has 0 spiro atoms. The summed E-state index contributed by atoms with van der Waals surface area (Å²) < 4.78 is 0. The summed E-state index contributed by atoms with van der Waals surface area (Å²) in [4.78, 5) is 3.87. The summed E-state index contributed by atoms with van der Waals surface area (Å²) in [5, 5.41) is 2.37. The summed E-state index contributed by atoms with van der Waals surface area (Å²) in [7, 11) is 0. The lowest BCUT2D eigenvalue weighted by Crippen LogP contribution is -1.91. The van der Waals surface area contributed by atoms with Gasteiger partial charge in [0.25, 0.3) is 0 Å². The van der Waals surface area contributed by atoms with Gasteiger partial charge < -0.3 is 0 Å². The van der Waals surface area contributed by atoms with E-state index in [1.165, 1.54) is 11.1 Å². The predicted molar refractivity (Wildman–Crippen MR) is 54.8 cm³/mol. The minimum atomic E-state index is 0.744. The van der Waals surface area contributed by atoms with E-state index in [0.29, 0.717) is 0 Å². The molecule has 0 aromatic heterocycles. The normalized spacial score (nSPS) is 9.08. The monoisotopic (exact) mass is 177 g/mol. The van der Waals surface area contributed by atoms with Gasteiger partial charge in [-0.05, 0) is 36.7 Å². The molecular weight excluding hydrogens is 166 g/mol. The second kappa shape index (κ2) is 4.81. The van der Waals surface area contributed by atoms with Crippen molar-refractivity contribution in [2.75, 3.05) is 6.54 Å². The van der Waals surface area contributed by atoms with Gasteiger partial charge in [-0.2, -0.15) is 0 Å². The summed E-state index contributed by atoms with van der Waals surface area (Å²) in [5.74, 6) is 0. The Morgan fingerprint density at radius 2 is 2.17 bits per heavy atom. The van der Waals surface area contributed by atoms with Crippen molar-refractivity contribution in [1.29, 1.82) is 0 Å². The summed E-state index contributed by atoms with van der Waals surface area (Å²) in [5.41, 5.74) is 2.66. The molecule has 0 saturated carbocycles. The number of hydrogen-bond acceptors (Lipinski definition) is 2. The number of hydrogen-bond donors (Lipinski definition) is 0. The van der Waals surface area contributed by atoms with E-state index in [2.05, 4.69) is 41.4 Å². The van der Waals surface area contributed by atoms with E-state index in [-0.39, 0.29) is 0 Å². The number of aryl methyl sites for hydroxylation is 1. The van der Waals surface area contributed by atoms with Gasteiger partial charge in [0, 0.05) is 0 Å². The molecule has 2 heteroatoms. The molecular formula is C10H11NS. The number of thiocarbonyl (C=S) groups is 1. The molecule has 0 atom stereocenters. The van der Waals surface area contributed by atoms with Crippen LogP contribution in [-0.4, -0.2) is 11.7 Å². The molecule has 1 aromatic carbocycles. The molecule has 0 aliphatic rings. The van der Waals surface area contributed by atoms with E-state index in [0.717, 1.165) is 13.0 Å². The van der Waals surface area contributed by atoms with Crippen molar-refractivity contribution in [1.82, 2.24) is 0 Å². The molecule has 0 heterocycles. The van der Waals surface area contributed by atoms with Gasteiger partial charge in [-0.3, -0.25) is 0 Å². The number of benzene rings is 1. The Bertz CT molecular complexity index is 300. The fraction of sp³-hybridized carbons (Fsp3) is 0.300. The number of aliphatic imine (C=N–C) groups is 1. The first kappa shape index (κ1) is 9.11. The highest BCUT2D eigenvalue weighted by molar-refractivity contribution is 7.78. The smallest absolute Gasteiger partial charge is 0.0585 e. The zero-order valence-corrected chi connectivity index (χ0v) is 7.90. The van der Waals surface area contributed by atoms with E-state index in [1.807, 2.05) is 12.1 Å². The molecule has 1 rings (SSSR count). The van der Waals surface area contributed by atoms with Crippen LogP contribution in [0.15, 0.2) is 29.3 Å². The van der Waals surface area contributed by atoms with Crippen LogP contribution < -0.4 is 0 Å². The molecule has 1 aromatic rings. The molecule has 0 unspecified atom stereocenters. The van der Waals surface area contributed by atoms with E-state index in [4.69, 9.17) is 0 Å². The van der Waals surface area contributed by atoms with Crippen molar-refractivity contribution in [3.63, 3.8) is 0 Å². The molecule has 1 nitrogen and oxygen atoms in total. The third-order valence-corrected chi connectivity index (χ3v) is 1.95. The van der Waals surface area contributed by atoms with Crippen molar-refractivity contribution in [2.24, 2.45) is 4.99 Å². The van der Waals surface area contributed by atoms with E-state index in [1.54, 1.807) is 0 Å². The van der Waals surface area contributed by atoms with Crippen LogP contribution in [0.25, 0.3) is 0 Å². The van der Waals surface area contributed by atoms with Crippen molar-refractivity contribution in [2.45, 2.75) is 13.3 Å². The second-order valence-corrected chi connectivity index (χ2v) is 2.83. The first-order chi connectivity index (χ1) is 5.84. The highest BCUT2D eigenvalue weighted by atomic mass is 32.1. The minimum Gasteiger partial charge on any atom is -0.232 e. The Morgan fingerprint density at radius 3 is 2.83 bits per heavy atom. The Balaban J connectivity index is 2.62. The van der Waals surface area contributed by atoms with Gasteiger partial charge >= 0.3 is 0 Å². The zero-order chi connectivity index (χ0) is 8.81. The highest BCUT2D eigenvalue weighted by Gasteiger charge is 1.94. The quantitative estimate of drug-likeness (QED) is 0.510. The van der Waals surface area contributed by atoms with Crippen LogP contribution in [0.5, 0.6) is 0 Å². The van der Waals surface area contributed by atoms with E-state index in [9.17, 15) is 0 Å². The lowest BCUT2D eigenvalue weighted by atomic mass is 10.1. The maximum absolute atomic E-state index is 4.48. The molecule has 0 amide bonds. The van der Waals surface area contributed by atoms with Crippen LogP contribution in [0.2, 0.25) is 0 Å². The van der Waals surface area contributed by atoms with E-state index >= 15 is 0 Å². The lowest BCUT2D eigenvalue weighted by Gasteiger charge is -2.01. The maximum atomic E-state index is 4.48. The summed E-state index contributed by atoms with van der Waals surface area (Å²) in [6.07, 6.45) is 0.955. The topological polar surface area (TPSA) is 12.4 Å². The number of nitrogens with zero attached hydrogens (tertiary/aromatic N) is 1. The average Bonchev–Trinajstić information content (AvgIpc) is 2.09. The third-order valence-electron chi connectivity index (χ3n) is 1.82. The molecule has 0 fully saturated rings.